The van der Waals surface area contributed by atoms with Gasteiger partial charge in [-0.3, -0.25) is 4.79 Å². The molecule has 1 rings (SSSR count). The number of aliphatic hydroxyl groups is 1. The molecule has 5 nitrogen and oxygen atoms in total. The van der Waals surface area contributed by atoms with Crippen molar-refractivity contribution in [2.45, 2.75) is 18.2 Å². The van der Waals surface area contributed by atoms with Crippen LogP contribution in [0.15, 0.2) is 12.4 Å². The van der Waals surface area contributed by atoms with Crippen LogP contribution < -0.4 is 5.32 Å². The van der Waals surface area contributed by atoms with Crippen molar-refractivity contribution in [1.82, 2.24) is 14.9 Å². The van der Waals surface area contributed by atoms with E-state index in [0.717, 1.165) is 10.8 Å². The number of amides is 1. The molecule has 0 bridgehead atoms. The summed E-state index contributed by atoms with van der Waals surface area (Å²) in [6.45, 7) is -0.215. The van der Waals surface area contributed by atoms with Crippen LogP contribution >= 0.6 is 0 Å². The van der Waals surface area contributed by atoms with Crippen molar-refractivity contribution < 1.29 is 23.1 Å². The van der Waals surface area contributed by atoms with Crippen LogP contribution in [-0.2, 0) is 17.4 Å². The topological polar surface area (TPSA) is 67.2 Å². The zero-order chi connectivity index (χ0) is 14.7. The standard InChI is InChI=1S/C11H12F3N3O2/c1-3-4-15-8(18)7-10(19,11(12,13)14)9-16-5-6-17(9)2/h1,5-6,19H,4,7H2,2H3,(H,15,18)/t10-/m1/s1. The summed E-state index contributed by atoms with van der Waals surface area (Å²) in [5, 5.41) is 11.9. The Balaban J connectivity index is 3.07. The Kier molecular flexibility index (Phi) is 4.21. The van der Waals surface area contributed by atoms with Crippen molar-refractivity contribution in [3.63, 3.8) is 0 Å². The number of nitrogens with one attached hydrogen (secondary N) is 1. The van der Waals surface area contributed by atoms with Crippen molar-refractivity contribution in [3.05, 3.63) is 18.2 Å². The predicted octanol–water partition coefficient (Wildman–Crippen LogP) is 0.309. The average Bonchev–Trinajstić information content (AvgIpc) is 2.71. The Morgan fingerprint density at radius 1 is 1.63 bits per heavy atom. The number of hydrogen-bond acceptors (Lipinski definition) is 3. The molecule has 1 aromatic rings. The number of halogens is 3. The lowest BCUT2D eigenvalue weighted by molar-refractivity contribution is -0.271. The highest BCUT2D eigenvalue weighted by Crippen LogP contribution is 2.40. The number of rotatable bonds is 4. The molecule has 0 aliphatic rings. The Hall–Kier alpha value is -2.01. The molecule has 0 aliphatic heterocycles. The molecule has 8 heteroatoms. The molecular weight excluding hydrogens is 263 g/mol. The molecule has 0 spiro atoms. The summed E-state index contributed by atoms with van der Waals surface area (Å²) in [7, 11) is 1.29. The minimum atomic E-state index is -5.04. The summed E-state index contributed by atoms with van der Waals surface area (Å²) < 4.78 is 40.0. The van der Waals surface area contributed by atoms with Crippen molar-refractivity contribution in [2.24, 2.45) is 7.05 Å². The Labute approximate surface area is 107 Å². The molecule has 1 heterocycles. The largest absolute Gasteiger partial charge is 0.425 e. The Morgan fingerprint density at radius 3 is 2.68 bits per heavy atom. The molecule has 1 aromatic heterocycles. The van der Waals surface area contributed by atoms with E-state index >= 15 is 0 Å². The minimum Gasteiger partial charge on any atom is -0.374 e. The monoisotopic (exact) mass is 275 g/mol. The number of carbonyl (C=O) groups excluding carboxylic acids is 1. The van der Waals surface area contributed by atoms with Gasteiger partial charge in [0.1, 0.15) is 0 Å². The van der Waals surface area contributed by atoms with Crippen LogP contribution in [0.4, 0.5) is 13.2 Å². The number of aryl methyl sites for hydroxylation is 1. The third kappa shape index (κ3) is 3.06. The number of terminal acetylenes is 1. The zero-order valence-corrected chi connectivity index (χ0v) is 10.0. The van der Waals surface area contributed by atoms with Crippen LogP contribution in [0.25, 0.3) is 0 Å². The lowest BCUT2D eigenvalue weighted by Crippen LogP contribution is -2.47. The number of hydrogen-bond donors (Lipinski definition) is 2. The van der Waals surface area contributed by atoms with E-state index in [1.54, 1.807) is 0 Å². The fraction of sp³-hybridized carbons (Fsp3) is 0.455. The molecule has 19 heavy (non-hydrogen) atoms. The van der Waals surface area contributed by atoms with E-state index < -0.39 is 29.9 Å². The maximum absolute atomic E-state index is 13.0. The summed E-state index contributed by atoms with van der Waals surface area (Å²) >= 11 is 0. The smallest absolute Gasteiger partial charge is 0.374 e. The van der Waals surface area contributed by atoms with Crippen LogP contribution in [-0.4, -0.2) is 33.3 Å². The van der Waals surface area contributed by atoms with Crippen LogP contribution in [0.1, 0.15) is 12.2 Å². The van der Waals surface area contributed by atoms with Crippen molar-refractivity contribution >= 4 is 5.91 Å². The van der Waals surface area contributed by atoms with Crippen LogP contribution in [0.5, 0.6) is 0 Å². The second-order valence-electron chi connectivity index (χ2n) is 3.88. The summed E-state index contributed by atoms with van der Waals surface area (Å²) in [6, 6.07) is 0. The number of aromatic nitrogens is 2. The lowest BCUT2D eigenvalue weighted by atomic mass is 9.97. The van der Waals surface area contributed by atoms with Crippen LogP contribution in [0.3, 0.4) is 0 Å². The van der Waals surface area contributed by atoms with Gasteiger partial charge < -0.3 is 15.0 Å². The van der Waals surface area contributed by atoms with Gasteiger partial charge in [-0.1, -0.05) is 5.92 Å². The molecule has 0 aliphatic carbocycles. The van der Waals surface area contributed by atoms with Gasteiger partial charge in [0.15, 0.2) is 5.82 Å². The van der Waals surface area contributed by atoms with Gasteiger partial charge in [0.2, 0.25) is 11.5 Å². The molecule has 0 saturated carbocycles. The molecule has 0 saturated heterocycles. The summed E-state index contributed by atoms with van der Waals surface area (Å²) in [5.41, 5.74) is -3.36. The van der Waals surface area contributed by atoms with Crippen LogP contribution in [0.2, 0.25) is 0 Å². The third-order valence-corrected chi connectivity index (χ3v) is 2.46. The molecule has 0 unspecified atom stereocenters. The molecule has 104 valence electrons. The molecular formula is C11H12F3N3O2. The van der Waals surface area contributed by atoms with E-state index in [1.807, 2.05) is 0 Å². The fourth-order valence-corrected chi connectivity index (χ4v) is 1.51. The lowest BCUT2D eigenvalue weighted by Gasteiger charge is -2.29. The summed E-state index contributed by atoms with van der Waals surface area (Å²) in [6.07, 6.45) is 0.976. The van der Waals surface area contributed by atoms with E-state index in [-0.39, 0.29) is 6.54 Å². The Morgan fingerprint density at radius 2 is 2.26 bits per heavy atom. The first kappa shape index (κ1) is 15.0. The minimum absolute atomic E-state index is 0.215. The average molecular weight is 275 g/mol. The van der Waals surface area contributed by atoms with Crippen molar-refractivity contribution in [3.8, 4) is 12.3 Å². The van der Waals surface area contributed by atoms with Gasteiger partial charge in [-0.2, -0.15) is 13.2 Å². The van der Waals surface area contributed by atoms with E-state index in [0.29, 0.717) is 0 Å². The quantitative estimate of drug-likeness (QED) is 0.777. The summed E-state index contributed by atoms with van der Waals surface area (Å²) in [5.74, 6) is 0.384. The number of alkyl halides is 3. The number of carbonyl (C=O) groups is 1. The molecule has 0 fully saturated rings. The molecule has 0 radical (unpaired) electrons. The highest BCUT2D eigenvalue weighted by atomic mass is 19.4. The SMILES string of the molecule is C#CCNC(=O)C[C@@](O)(c1nccn1C)C(F)(F)F. The molecule has 0 aromatic carbocycles. The van der Waals surface area contributed by atoms with E-state index in [1.165, 1.54) is 13.2 Å². The zero-order valence-electron chi connectivity index (χ0n) is 10.0. The number of imidazole rings is 1. The van der Waals surface area contributed by atoms with Gasteiger partial charge >= 0.3 is 6.18 Å². The predicted molar refractivity (Wildman–Crippen MR) is 59.6 cm³/mol. The van der Waals surface area contributed by atoms with E-state index in [2.05, 4.69) is 16.2 Å². The Bertz CT molecular complexity index is 504. The van der Waals surface area contributed by atoms with Gasteiger partial charge in [-0.05, 0) is 0 Å². The first-order valence-corrected chi connectivity index (χ1v) is 5.19. The van der Waals surface area contributed by atoms with Crippen molar-refractivity contribution in [1.29, 1.82) is 0 Å². The number of nitrogens with zero attached hydrogens (tertiary/aromatic N) is 2. The van der Waals surface area contributed by atoms with Crippen molar-refractivity contribution in [2.75, 3.05) is 6.54 Å². The fourth-order valence-electron chi connectivity index (χ4n) is 1.51. The van der Waals surface area contributed by atoms with Gasteiger partial charge in [-0.15, -0.1) is 6.42 Å². The van der Waals surface area contributed by atoms with Gasteiger partial charge in [0.05, 0.1) is 13.0 Å². The first-order chi connectivity index (χ1) is 8.72. The molecule has 1 amide bonds. The highest BCUT2D eigenvalue weighted by molar-refractivity contribution is 5.77. The van der Waals surface area contributed by atoms with E-state index in [4.69, 9.17) is 6.42 Å². The molecule has 2 N–H and O–H groups in total. The molecule has 1 atom stereocenters. The normalized spacial score (nSPS) is 14.5. The van der Waals surface area contributed by atoms with E-state index in [9.17, 15) is 23.1 Å². The first-order valence-electron chi connectivity index (χ1n) is 5.19. The van der Waals surface area contributed by atoms with Gasteiger partial charge in [-0.25, -0.2) is 4.98 Å². The van der Waals surface area contributed by atoms with Crippen LogP contribution in [0, 0.1) is 12.3 Å². The third-order valence-electron chi connectivity index (χ3n) is 2.46. The maximum atomic E-state index is 13.0. The van der Waals surface area contributed by atoms with Gasteiger partial charge in [0.25, 0.3) is 0 Å². The summed E-state index contributed by atoms with van der Waals surface area (Å²) in [4.78, 5) is 14.8. The highest BCUT2D eigenvalue weighted by Gasteiger charge is 2.58. The maximum Gasteiger partial charge on any atom is 0.425 e. The second kappa shape index (κ2) is 5.32. The second-order valence-corrected chi connectivity index (χ2v) is 3.88. The van der Waals surface area contributed by atoms with Gasteiger partial charge in [0, 0.05) is 19.4 Å².